The number of nitrogens with zero attached hydrogens (tertiary/aromatic N) is 1. The highest BCUT2D eigenvalue weighted by molar-refractivity contribution is 6.23. The number of allylic oxidation sites excluding steroid dienone is 2. The van der Waals surface area contributed by atoms with E-state index in [1.54, 1.807) is 32.4 Å². The third-order valence-electron chi connectivity index (χ3n) is 6.29. The SMILES string of the molecule is COc1ccc(OC)c(N2C(=O)[C@@H]3[C@@H]4C=C[C@H]([C@H]5C[C@H]45)[C@@H]3C2=O)c1. The lowest BCUT2D eigenvalue weighted by Crippen LogP contribution is -2.40. The molecule has 0 spiro atoms. The number of anilines is 1. The quantitative estimate of drug-likeness (QED) is 0.632. The van der Waals surface area contributed by atoms with Crippen LogP contribution >= 0.6 is 0 Å². The maximum atomic E-state index is 13.1. The summed E-state index contributed by atoms with van der Waals surface area (Å²) in [7, 11) is 3.11. The number of carbonyl (C=O) groups excluding carboxylic acids is 2. The van der Waals surface area contributed by atoms with Crippen molar-refractivity contribution in [2.45, 2.75) is 6.42 Å². The van der Waals surface area contributed by atoms with Crippen LogP contribution < -0.4 is 14.4 Å². The van der Waals surface area contributed by atoms with Crippen LogP contribution in [0.4, 0.5) is 5.69 Å². The summed E-state index contributed by atoms with van der Waals surface area (Å²) in [6, 6.07) is 5.21. The van der Waals surface area contributed by atoms with Gasteiger partial charge < -0.3 is 9.47 Å². The van der Waals surface area contributed by atoms with Crippen LogP contribution in [0.15, 0.2) is 30.4 Å². The number of benzene rings is 1. The molecule has 0 radical (unpaired) electrons. The van der Waals surface area contributed by atoms with E-state index in [2.05, 4.69) is 12.2 Å². The number of rotatable bonds is 3. The second-order valence-electron chi connectivity index (χ2n) is 7.20. The van der Waals surface area contributed by atoms with Crippen molar-refractivity contribution in [3.63, 3.8) is 0 Å². The molecule has 5 heteroatoms. The van der Waals surface area contributed by atoms with Gasteiger partial charge in [0.15, 0.2) is 0 Å². The van der Waals surface area contributed by atoms with Gasteiger partial charge in [-0.05, 0) is 42.2 Å². The smallest absolute Gasteiger partial charge is 0.238 e. The van der Waals surface area contributed by atoms with E-state index < -0.39 is 0 Å². The van der Waals surface area contributed by atoms with Crippen molar-refractivity contribution in [1.82, 2.24) is 0 Å². The molecule has 0 aromatic heterocycles. The van der Waals surface area contributed by atoms with Crippen molar-refractivity contribution in [3.8, 4) is 11.5 Å². The van der Waals surface area contributed by atoms with Gasteiger partial charge in [0.25, 0.3) is 0 Å². The highest BCUT2D eigenvalue weighted by Gasteiger charge is 2.67. The minimum Gasteiger partial charge on any atom is -0.497 e. The number of hydrogen-bond donors (Lipinski definition) is 0. The predicted octanol–water partition coefficient (Wildman–Crippen LogP) is 2.26. The fraction of sp³-hybridized carbons (Fsp3) is 0.474. The summed E-state index contributed by atoms with van der Waals surface area (Å²) < 4.78 is 10.7. The molecule has 0 N–H and O–H groups in total. The first kappa shape index (κ1) is 14.1. The molecule has 1 heterocycles. The molecule has 1 aliphatic heterocycles. The Balaban J connectivity index is 1.60. The van der Waals surface area contributed by atoms with Crippen LogP contribution in [-0.4, -0.2) is 26.0 Å². The van der Waals surface area contributed by atoms with Crippen molar-refractivity contribution in [2.24, 2.45) is 35.5 Å². The number of imide groups is 1. The summed E-state index contributed by atoms with van der Waals surface area (Å²) in [6.07, 6.45) is 5.52. The van der Waals surface area contributed by atoms with Crippen molar-refractivity contribution < 1.29 is 19.1 Å². The van der Waals surface area contributed by atoms with E-state index in [4.69, 9.17) is 9.47 Å². The lowest BCUT2D eigenvalue weighted by atomic mass is 9.63. The summed E-state index contributed by atoms with van der Waals surface area (Å²) >= 11 is 0. The first-order valence-corrected chi connectivity index (χ1v) is 8.44. The number of hydrogen-bond acceptors (Lipinski definition) is 4. The fourth-order valence-corrected chi connectivity index (χ4v) is 5.17. The van der Waals surface area contributed by atoms with Crippen LogP contribution in [0.1, 0.15) is 6.42 Å². The average molecular weight is 325 g/mol. The van der Waals surface area contributed by atoms with E-state index in [1.165, 1.54) is 11.3 Å². The van der Waals surface area contributed by atoms with E-state index in [0.717, 1.165) is 0 Å². The van der Waals surface area contributed by atoms with E-state index in [-0.39, 0.29) is 35.5 Å². The number of carbonyl (C=O) groups is 2. The van der Waals surface area contributed by atoms with Crippen LogP contribution in [0.3, 0.4) is 0 Å². The van der Waals surface area contributed by atoms with E-state index in [1.807, 2.05) is 0 Å². The summed E-state index contributed by atoms with van der Waals surface area (Å²) in [4.78, 5) is 27.6. The Morgan fingerprint density at radius 3 is 2.12 bits per heavy atom. The second kappa shape index (κ2) is 4.62. The molecule has 1 saturated heterocycles. The van der Waals surface area contributed by atoms with Crippen LogP contribution in [0.5, 0.6) is 11.5 Å². The summed E-state index contributed by atoms with van der Waals surface area (Å²) in [6.45, 7) is 0. The summed E-state index contributed by atoms with van der Waals surface area (Å²) in [5.74, 6) is 2.20. The third kappa shape index (κ3) is 1.60. The maximum absolute atomic E-state index is 13.1. The summed E-state index contributed by atoms with van der Waals surface area (Å²) in [5, 5.41) is 0. The third-order valence-corrected chi connectivity index (χ3v) is 6.29. The fourth-order valence-electron chi connectivity index (χ4n) is 5.17. The maximum Gasteiger partial charge on any atom is 0.238 e. The Morgan fingerprint density at radius 1 is 0.958 bits per heavy atom. The first-order chi connectivity index (χ1) is 11.7. The van der Waals surface area contributed by atoms with Gasteiger partial charge in [-0.1, -0.05) is 12.2 Å². The topological polar surface area (TPSA) is 55.8 Å². The molecule has 0 unspecified atom stereocenters. The molecular formula is C19H19NO4. The Bertz CT molecular complexity index is 750. The zero-order chi connectivity index (χ0) is 16.6. The normalized spacial score (nSPS) is 38.2. The molecule has 2 amide bonds. The van der Waals surface area contributed by atoms with Crippen molar-refractivity contribution in [1.29, 1.82) is 0 Å². The number of amides is 2. The average Bonchev–Trinajstić information content (AvgIpc) is 3.39. The van der Waals surface area contributed by atoms with Crippen molar-refractivity contribution >= 4 is 17.5 Å². The zero-order valence-corrected chi connectivity index (χ0v) is 13.6. The van der Waals surface area contributed by atoms with Gasteiger partial charge in [0.2, 0.25) is 11.8 Å². The Labute approximate surface area is 140 Å². The minimum atomic E-state index is -0.202. The van der Waals surface area contributed by atoms with Gasteiger partial charge in [-0.2, -0.15) is 0 Å². The van der Waals surface area contributed by atoms with Gasteiger partial charge in [0.05, 0.1) is 31.7 Å². The summed E-state index contributed by atoms with van der Waals surface area (Å²) in [5.41, 5.74) is 0.495. The van der Waals surface area contributed by atoms with Gasteiger partial charge in [-0.15, -0.1) is 0 Å². The van der Waals surface area contributed by atoms with Crippen LogP contribution in [-0.2, 0) is 9.59 Å². The zero-order valence-electron chi connectivity index (χ0n) is 13.6. The molecule has 3 fully saturated rings. The molecule has 5 nitrogen and oxygen atoms in total. The van der Waals surface area contributed by atoms with Gasteiger partial charge >= 0.3 is 0 Å². The largest absolute Gasteiger partial charge is 0.497 e. The van der Waals surface area contributed by atoms with Gasteiger partial charge in [-0.25, -0.2) is 4.90 Å². The highest BCUT2D eigenvalue weighted by atomic mass is 16.5. The Kier molecular flexibility index (Phi) is 2.71. The molecule has 24 heavy (non-hydrogen) atoms. The number of ether oxygens (including phenoxy) is 2. The van der Waals surface area contributed by atoms with Crippen LogP contribution in [0, 0.1) is 35.5 Å². The van der Waals surface area contributed by atoms with Crippen molar-refractivity contribution in [3.05, 3.63) is 30.4 Å². The molecule has 1 aromatic rings. The predicted molar refractivity (Wildman–Crippen MR) is 86.7 cm³/mol. The van der Waals surface area contributed by atoms with Gasteiger partial charge in [0, 0.05) is 6.07 Å². The van der Waals surface area contributed by atoms with Crippen LogP contribution in [0.2, 0.25) is 0 Å². The lowest BCUT2D eigenvalue weighted by molar-refractivity contribution is -0.124. The highest BCUT2D eigenvalue weighted by Crippen LogP contribution is 2.65. The van der Waals surface area contributed by atoms with E-state index in [0.29, 0.717) is 29.0 Å². The molecule has 2 saturated carbocycles. The van der Waals surface area contributed by atoms with Gasteiger partial charge in [-0.3, -0.25) is 9.59 Å². The molecule has 5 aliphatic rings. The molecule has 6 rings (SSSR count). The molecule has 1 aromatic carbocycles. The molecule has 6 atom stereocenters. The monoisotopic (exact) mass is 325 g/mol. The van der Waals surface area contributed by atoms with E-state index >= 15 is 0 Å². The van der Waals surface area contributed by atoms with E-state index in [9.17, 15) is 9.59 Å². The van der Waals surface area contributed by atoms with Crippen LogP contribution in [0.25, 0.3) is 0 Å². The molecule has 4 aliphatic carbocycles. The lowest BCUT2D eigenvalue weighted by Gasteiger charge is -2.37. The first-order valence-electron chi connectivity index (χ1n) is 8.44. The molecule has 124 valence electrons. The standard InChI is InChI=1S/C19H19NO4/c1-23-9-3-6-15(24-2)14(7-9)20-18(21)16-10-4-5-11(13-8-12(10)13)17(16)19(20)22/h3-7,10-13,16-17H,8H2,1-2H3/t10-,11-,12-,13-,16-,17+/m1/s1. The Morgan fingerprint density at radius 2 is 1.58 bits per heavy atom. The molecular weight excluding hydrogens is 306 g/mol. The van der Waals surface area contributed by atoms with Gasteiger partial charge in [0.1, 0.15) is 11.5 Å². The Hall–Kier alpha value is -2.30. The minimum absolute atomic E-state index is 0.0822. The molecule has 2 bridgehead atoms. The number of methoxy groups -OCH3 is 2. The van der Waals surface area contributed by atoms with Crippen molar-refractivity contribution in [2.75, 3.05) is 19.1 Å². The second-order valence-corrected chi connectivity index (χ2v) is 7.20.